The molecule has 9 heteroatoms. The number of anilines is 2. The number of halogens is 1. The summed E-state index contributed by atoms with van der Waals surface area (Å²) in [5.41, 5.74) is 4.87. The van der Waals surface area contributed by atoms with Crippen molar-refractivity contribution in [1.29, 1.82) is 0 Å². The average Bonchev–Trinajstić information content (AvgIpc) is 2.40. The number of nitrogen functional groups attached to an aromatic ring is 1. The van der Waals surface area contributed by atoms with Gasteiger partial charge in [0.15, 0.2) is 5.82 Å². The van der Waals surface area contributed by atoms with Crippen molar-refractivity contribution in [2.75, 3.05) is 10.5 Å². The lowest BCUT2D eigenvalue weighted by Crippen LogP contribution is -2.14. The van der Waals surface area contributed by atoms with E-state index in [9.17, 15) is 22.9 Å². The Hall–Kier alpha value is -2.68. The van der Waals surface area contributed by atoms with Crippen LogP contribution in [0, 0.1) is 15.9 Å². The zero-order valence-corrected chi connectivity index (χ0v) is 11.3. The molecule has 0 aliphatic carbocycles. The summed E-state index contributed by atoms with van der Waals surface area (Å²) in [6, 6.07) is 8.07. The van der Waals surface area contributed by atoms with E-state index >= 15 is 0 Å². The monoisotopic (exact) mass is 311 g/mol. The summed E-state index contributed by atoms with van der Waals surface area (Å²) in [5.74, 6) is -1.04. The third-order valence-corrected chi connectivity index (χ3v) is 3.94. The molecule has 0 spiro atoms. The number of nitrogens with two attached hydrogens (primary N) is 1. The van der Waals surface area contributed by atoms with Crippen LogP contribution < -0.4 is 10.5 Å². The van der Waals surface area contributed by atoms with Gasteiger partial charge in [-0.2, -0.15) is 0 Å². The molecule has 7 nitrogen and oxygen atoms in total. The van der Waals surface area contributed by atoms with Gasteiger partial charge in [0.2, 0.25) is 0 Å². The number of hydrogen-bond donors (Lipinski definition) is 2. The highest BCUT2D eigenvalue weighted by molar-refractivity contribution is 7.92. The predicted molar refractivity (Wildman–Crippen MR) is 74.7 cm³/mol. The van der Waals surface area contributed by atoms with Gasteiger partial charge >= 0.3 is 0 Å². The summed E-state index contributed by atoms with van der Waals surface area (Å²) in [5, 5.41) is 10.5. The number of benzene rings is 2. The minimum atomic E-state index is -4.03. The average molecular weight is 311 g/mol. The van der Waals surface area contributed by atoms with Crippen LogP contribution in [-0.4, -0.2) is 13.3 Å². The summed E-state index contributed by atoms with van der Waals surface area (Å²) in [6.07, 6.45) is 0. The smallest absolute Gasteiger partial charge is 0.272 e. The number of nitro groups is 1. The van der Waals surface area contributed by atoms with Gasteiger partial charge < -0.3 is 5.73 Å². The van der Waals surface area contributed by atoms with Crippen LogP contribution in [0.2, 0.25) is 0 Å². The molecule has 0 unspecified atom stereocenters. The lowest BCUT2D eigenvalue weighted by Gasteiger charge is -2.09. The number of sulfonamides is 1. The van der Waals surface area contributed by atoms with Gasteiger partial charge in [0.25, 0.3) is 15.7 Å². The van der Waals surface area contributed by atoms with E-state index in [0.29, 0.717) is 6.07 Å². The van der Waals surface area contributed by atoms with Gasteiger partial charge in [0.05, 0.1) is 21.6 Å². The highest BCUT2D eigenvalue weighted by atomic mass is 32.2. The lowest BCUT2D eigenvalue weighted by molar-refractivity contribution is -0.385. The first-order chi connectivity index (χ1) is 9.79. The highest BCUT2D eigenvalue weighted by Gasteiger charge is 2.18. The van der Waals surface area contributed by atoms with Crippen molar-refractivity contribution in [3.63, 3.8) is 0 Å². The van der Waals surface area contributed by atoms with Gasteiger partial charge in [-0.3, -0.25) is 14.8 Å². The maximum Gasteiger partial charge on any atom is 0.272 e. The summed E-state index contributed by atoms with van der Waals surface area (Å²) in [4.78, 5) is 9.58. The topological polar surface area (TPSA) is 115 Å². The molecule has 110 valence electrons. The van der Waals surface area contributed by atoms with Gasteiger partial charge in [-0.25, -0.2) is 12.8 Å². The molecule has 0 aliphatic rings. The first kappa shape index (κ1) is 14.7. The maximum atomic E-state index is 13.7. The van der Waals surface area contributed by atoms with Crippen LogP contribution in [0.15, 0.2) is 47.4 Å². The van der Waals surface area contributed by atoms with Gasteiger partial charge in [-0.05, 0) is 24.3 Å². The quantitative estimate of drug-likeness (QED) is 0.510. The molecule has 2 aromatic carbocycles. The van der Waals surface area contributed by atoms with Crippen LogP contribution in [0.4, 0.5) is 21.5 Å². The van der Waals surface area contributed by atoms with Crippen molar-refractivity contribution >= 4 is 27.1 Å². The van der Waals surface area contributed by atoms with Crippen molar-refractivity contribution in [3.05, 3.63) is 58.4 Å². The third kappa shape index (κ3) is 3.26. The summed E-state index contributed by atoms with van der Waals surface area (Å²) < 4.78 is 39.8. The Balaban J connectivity index is 2.35. The van der Waals surface area contributed by atoms with Crippen LogP contribution in [0.3, 0.4) is 0 Å². The molecular formula is C12H10FN3O4S. The lowest BCUT2D eigenvalue weighted by atomic mass is 10.3. The summed E-state index contributed by atoms with van der Waals surface area (Å²) >= 11 is 0. The molecule has 0 atom stereocenters. The van der Waals surface area contributed by atoms with Crippen molar-refractivity contribution in [3.8, 4) is 0 Å². The fourth-order valence-corrected chi connectivity index (χ4v) is 2.71. The molecule has 0 amide bonds. The molecule has 0 bridgehead atoms. The van der Waals surface area contributed by atoms with Gasteiger partial charge in [-0.15, -0.1) is 0 Å². The van der Waals surface area contributed by atoms with E-state index < -0.39 is 26.5 Å². The number of nitrogens with one attached hydrogen (secondary N) is 1. The van der Waals surface area contributed by atoms with E-state index in [-0.39, 0.29) is 16.3 Å². The van der Waals surface area contributed by atoms with E-state index in [0.717, 1.165) is 12.1 Å². The van der Waals surface area contributed by atoms with Crippen molar-refractivity contribution in [2.24, 2.45) is 0 Å². The normalized spacial score (nSPS) is 11.1. The van der Waals surface area contributed by atoms with Gasteiger partial charge in [0, 0.05) is 11.8 Å². The van der Waals surface area contributed by atoms with Crippen molar-refractivity contribution in [1.82, 2.24) is 0 Å². The standard InChI is InChI=1S/C12H10FN3O4S/c13-11-7-9(16(17)18)4-5-12(11)15-21(19,20)10-3-1-2-8(14)6-10/h1-7,15H,14H2. The number of nitro benzene ring substituents is 1. The minimum absolute atomic E-state index is 0.139. The van der Waals surface area contributed by atoms with E-state index in [4.69, 9.17) is 5.73 Å². The number of rotatable bonds is 4. The molecule has 0 aromatic heterocycles. The number of hydrogen-bond acceptors (Lipinski definition) is 5. The van der Waals surface area contributed by atoms with E-state index in [1.807, 2.05) is 4.72 Å². The van der Waals surface area contributed by atoms with E-state index in [1.165, 1.54) is 24.3 Å². The Morgan fingerprint density at radius 1 is 1.19 bits per heavy atom. The zero-order chi connectivity index (χ0) is 15.6. The Labute approximate surface area is 119 Å². The minimum Gasteiger partial charge on any atom is -0.399 e. The highest BCUT2D eigenvalue weighted by Crippen LogP contribution is 2.23. The largest absolute Gasteiger partial charge is 0.399 e. The molecule has 0 fully saturated rings. The van der Waals surface area contributed by atoms with Gasteiger partial charge in [-0.1, -0.05) is 6.07 Å². The second kappa shape index (κ2) is 5.37. The van der Waals surface area contributed by atoms with Crippen molar-refractivity contribution in [2.45, 2.75) is 4.90 Å². The van der Waals surface area contributed by atoms with Crippen LogP contribution >= 0.6 is 0 Å². The molecule has 0 heterocycles. The molecule has 3 N–H and O–H groups in total. The molecule has 0 saturated heterocycles. The second-order valence-corrected chi connectivity index (χ2v) is 5.78. The molecule has 0 aliphatic heterocycles. The van der Waals surface area contributed by atoms with Crippen LogP contribution in [-0.2, 0) is 10.0 Å². The maximum absolute atomic E-state index is 13.7. The van der Waals surface area contributed by atoms with Crippen molar-refractivity contribution < 1.29 is 17.7 Å². The molecule has 0 saturated carbocycles. The molecule has 21 heavy (non-hydrogen) atoms. The molecule has 0 radical (unpaired) electrons. The zero-order valence-electron chi connectivity index (χ0n) is 10.5. The molecule has 2 rings (SSSR count). The Bertz CT molecular complexity index is 808. The number of nitrogens with zero attached hydrogens (tertiary/aromatic N) is 1. The van der Waals surface area contributed by atoms with Crippen LogP contribution in [0.1, 0.15) is 0 Å². The van der Waals surface area contributed by atoms with Crippen LogP contribution in [0.25, 0.3) is 0 Å². The fraction of sp³-hybridized carbons (Fsp3) is 0. The summed E-state index contributed by atoms with van der Waals surface area (Å²) in [7, 11) is -4.03. The van der Waals surface area contributed by atoms with Gasteiger partial charge in [0.1, 0.15) is 0 Å². The van der Waals surface area contributed by atoms with E-state index in [2.05, 4.69) is 0 Å². The Morgan fingerprint density at radius 2 is 1.90 bits per heavy atom. The number of non-ortho nitro benzene ring substituents is 1. The molecular weight excluding hydrogens is 301 g/mol. The summed E-state index contributed by atoms with van der Waals surface area (Å²) in [6.45, 7) is 0. The van der Waals surface area contributed by atoms with E-state index in [1.54, 1.807) is 0 Å². The second-order valence-electron chi connectivity index (χ2n) is 4.10. The first-order valence-electron chi connectivity index (χ1n) is 5.62. The Kier molecular flexibility index (Phi) is 3.76. The predicted octanol–water partition coefficient (Wildman–Crippen LogP) is 2.12. The Morgan fingerprint density at radius 3 is 2.48 bits per heavy atom. The van der Waals surface area contributed by atoms with Crippen LogP contribution in [0.5, 0.6) is 0 Å². The SMILES string of the molecule is Nc1cccc(S(=O)(=O)Nc2ccc([N+](=O)[O-])cc2F)c1. The molecule has 2 aromatic rings. The first-order valence-corrected chi connectivity index (χ1v) is 7.10. The third-order valence-electron chi connectivity index (χ3n) is 2.58. The fourth-order valence-electron chi connectivity index (χ4n) is 1.59.